The van der Waals surface area contributed by atoms with Crippen LogP contribution in [0.4, 0.5) is 0 Å². The Labute approximate surface area is 104 Å². The Morgan fingerprint density at radius 1 is 1.47 bits per heavy atom. The zero-order valence-electron chi connectivity index (χ0n) is 9.11. The third-order valence-corrected chi connectivity index (χ3v) is 2.95. The Hall–Kier alpha value is -1.55. The molecule has 1 fully saturated rings. The largest absolute Gasteiger partial charge is 0.464 e. The minimum atomic E-state index is -0.509. The number of esters is 1. The first-order valence-corrected chi connectivity index (χ1v) is 5.74. The van der Waals surface area contributed by atoms with E-state index >= 15 is 0 Å². The van der Waals surface area contributed by atoms with E-state index < -0.39 is 6.04 Å². The Morgan fingerprint density at radius 2 is 2.24 bits per heavy atom. The summed E-state index contributed by atoms with van der Waals surface area (Å²) < 4.78 is 4.76. The van der Waals surface area contributed by atoms with Crippen molar-refractivity contribution < 1.29 is 14.3 Å². The van der Waals surface area contributed by atoms with Gasteiger partial charge in [-0.2, -0.15) is 0 Å². The van der Waals surface area contributed by atoms with E-state index in [1.807, 2.05) is 6.07 Å². The Kier molecular flexibility index (Phi) is 3.64. The first kappa shape index (κ1) is 11.9. The molecule has 1 aliphatic heterocycles. The van der Waals surface area contributed by atoms with Crippen molar-refractivity contribution in [3.05, 3.63) is 34.9 Å². The molecule has 2 rings (SSSR count). The van der Waals surface area contributed by atoms with Crippen LogP contribution in [0.5, 0.6) is 0 Å². The smallest absolute Gasteiger partial charge is 0.328 e. The van der Waals surface area contributed by atoms with Crippen molar-refractivity contribution in [1.29, 1.82) is 0 Å². The van der Waals surface area contributed by atoms with Gasteiger partial charge in [-0.25, -0.2) is 4.79 Å². The number of hydrogen-bond donors (Lipinski definition) is 1. The summed E-state index contributed by atoms with van der Waals surface area (Å²) in [6.07, 6.45) is 0.705. The highest BCUT2D eigenvalue weighted by atomic mass is 35.5. The number of amides is 1. The van der Waals surface area contributed by atoms with Gasteiger partial charge < -0.3 is 10.1 Å². The van der Waals surface area contributed by atoms with Gasteiger partial charge in [0.1, 0.15) is 6.04 Å². The van der Waals surface area contributed by atoms with E-state index in [-0.39, 0.29) is 18.3 Å². The van der Waals surface area contributed by atoms with Gasteiger partial charge in [-0.15, -0.1) is 0 Å². The summed E-state index contributed by atoms with van der Waals surface area (Å²) in [7, 11) is 0. The lowest BCUT2D eigenvalue weighted by molar-refractivity contribution is -0.141. The number of cyclic esters (lactones) is 1. The van der Waals surface area contributed by atoms with Crippen molar-refractivity contribution >= 4 is 23.5 Å². The molecule has 90 valence electrons. The van der Waals surface area contributed by atoms with Gasteiger partial charge in [0.25, 0.3) is 0 Å². The Bertz CT molecular complexity index is 447. The topological polar surface area (TPSA) is 55.4 Å². The molecule has 0 bridgehead atoms. The summed E-state index contributed by atoms with van der Waals surface area (Å²) in [5, 5.41) is 3.18. The fourth-order valence-electron chi connectivity index (χ4n) is 1.69. The van der Waals surface area contributed by atoms with E-state index in [1.54, 1.807) is 18.2 Å². The van der Waals surface area contributed by atoms with Crippen LogP contribution < -0.4 is 5.32 Å². The maximum Gasteiger partial charge on any atom is 0.328 e. The van der Waals surface area contributed by atoms with Gasteiger partial charge >= 0.3 is 5.97 Å². The van der Waals surface area contributed by atoms with Crippen molar-refractivity contribution in [2.24, 2.45) is 0 Å². The zero-order chi connectivity index (χ0) is 12.3. The molecule has 1 unspecified atom stereocenters. The monoisotopic (exact) mass is 253 g/mol. The van der Waals surface area contributed by atoms with Crippen LogP contribution in [0.3, 0.4) is 0 Å². The minimum Gasteiger partial charge on any atom is -0.464 e. The van der Waals surface area contributed by atoms with Gasteiger partial charge in [0.05, 0.1) is 13.0 Å². The minimum absolute atomic E-state index is 0.170. The highest BCUT2D eigenvalue weighted by Gasteiger charge is 2.27. The molecule has 1 N–H and O–H groups in total. The van der Waals surface area contributed by atoms with Gasteiger partial charge in [-0.1, -0.05) is 29.8 Å². The van der Waals surface area contributed by atoms with Crippen LogP contribution in [0.15, 0.2) is 24.3 Å². The summed E-state index contributed by atoms with van der Waals surface area (Å²) in [5.74, 6) is -0.584. The number of hydrogen-bond acceptors (Lipinski definition) is 3. The number of nitrogens with one attached hydrogen (secondary N) is 1. The van der Waals surface area contributed by atoms with E-state index in [1.165, 1.54) is 0 Å². The molecule has 0 saturated carbocycles. The number of ether oxygens (including phenoxy) is 1. The van der Waals surface area contributed by atoms with Crippen LogP contribution in [0.1, 0.15) is 12.0 Å². The lowest BCUT2D eigenvalue weighted by atomic mass is 10.1. The third kappa shape index (κ3) is 2.97. The molecule has 1 amide bonds. The average Bonchev–Trinajstić information content (AvgIpc) is 2.68. The molecule has 0 aromatic heterocycles. The quantitative estimate of drug-likeness (QED) is 0.827. The summed E-state index contributed by atoms with van der Waals surface area (Å²) in [6.45, 7) is 0.371. The van der Waals surface area contributed by atoms with Gasteiger partial charge in [0, 0.05) is 11.4 Å². The van der Waals surface area contributed by atoms with E-state index in [0.29, 0.717) is 18.1 Å². The van der Waals surface area contributed by atoms with E-state index in [9.17, 15) is 9.59 Å². The summed E-state index contributed by atoms with van der Waals surface area (Å²) in [6, 6.07) is 6.63. The molecular weight excluding hydrogens is 242 g/mol. The maximum atomic E-state index is 11.7. The molecule has 1 aliphatic rings. The molecule has 4 nitrogen and oxygen atoms in total. The SMILES string of the molecule is O=C(Cc1ccccc1Cl)NC1CCOC1=O. The lowest BCUT2D eigenvalue weighted by Gasteiger charge is -2.09. The van der Waals surface area contributed by atoms with E-state index in [0.717, 1.165) is 5.56 Å². The summed E-state index contributed by atoms with van der Waals surface area (Å²) >= 11 is 5.94. The predicted molar refractivity (Wildman–Crippen MR) is 62.7 cm³/mol. The molecule has 1 heterocycles. The second kappa shape index (κ2) is 5.19. The molecule has 1 saturated heterocycles. The molecule has 1 aromatic carbocycles. The maximum absolute atomic E-state index is 11.7. The van der Waals surface area contributed by atoms with Crippen LogP contribution in [-0.2, 0) is 20.7 Å². The predicted octanol–water partition coefficient (Wildman–Crippen LogP) is 1.31. The number of halogens is 1. The standard InChI is InChI=1S/C12H12ClNO3/c13-9-4-2-1-3-8(9)7-11(15)14-10-5-6-17-12(10)16/h1-4,10H,5-7H2,(H,14,15). The number of carbonyl (C=O) groups excluding carboxylic acids is 2. The van der Waals surface area contributed by atoms with Crippen LogP contribution in [0.25, 0.3) is 0 Å². The Morgan fingerprint density at radius 3 is 2.88 bits per heavy atom. The lowest BCUT2D eigenvalue weighted by Crippen LogP contribution is -2.38. The molecule has 0 aliphatic carbocycles. The Balaban J connectivity index is 1.93. The van der Waals surface area contributed by atoms with Crippen molar-refractivity contribution in [2.45, 2.75) is 18.9 Å². The molecule has 1 aromatic rings. The highest BCUT2D eigenvalue weighted by Crippen LogP contribution is 2.15. The van der Waals surface area contributed by atoms with Crippen LogP contribution in [0, 0.1) is 0 Å². The van der Waals surface area contributed by atoms with Crippen molar-refractivity contribution in [3.63, 3.8) is 0 Å². The van der Waals surface area contributed by atoms with Crippen LogP contribution in [0.2, 0.25) is 5.02 Å². The van der Waals surface area contributed by atoms with Gasteiger partial charge in [0.2, 0.25) is 5.91 Å². The molecule has 0 spiro atoms. The second-order valence-electron chi connectivity index (χ2n) is 3.84. The average molecular weight is 254 g/mol. The molecular formula is C12H12ClNO3. The van der Waals surface area contributed by atoms with Crippen molar-refractivity contribution in [1.82, 2.24) is 5.32 Å². The fourth-order valence-corrected chi connectivity index (χ4v) is 1.89. The van der Waals surface area contributed by atoms with E-state index in [2.05, 4.69) is 5.32 Å². The molecule has 1 atom stereocenters. The molecule has 17 heavy (non-hydrogen) atoms. The third-order valence-electron chi connectivity index (χ3n) is 2.58. The van der Waals surface area contributed by atoms with Gasteiger partial charge in [-0.3, -0.25) is 4.79 Å². The van der Waals surface area contributed by atoms with Crippen molar-refractivity contribution in [2.75, 3.05) is 6.61 Å². The fraction of sp³-hybridized carbons (Fsp3) is 0.333. The second-order valence-corrected chi connectivity index (χ2v) is 4.25. The zero-order valence-corrected chi connectivity index (χ0v) is 9.87. The first-order valence-electron chi connectivity index (χ1n) is 5.36. The summed E-state index contributed by atoms with van der Waals surface area (Å²) in [5.41, 5.74) is 0.748. The van der Waals surface area contributed by atoms with Crippen molar-refractivity contribution in [3.8, 4) is 0 Å². The molecule has 0 radical (unpaired) electrons. The first-order chi connectivity index (χ1) is 8.16. The number of benzene rings is 1. The van der Waals surface area contributed by atoms with Crippen LogP contribution in [-0.4, -0.2) is 24.5 Å². The number of rotatable bonds is 3. The van der Waals surface area contributed by atoms with Crippen LogP contribution >= 0.6 is 11.6 Å². The normalized spacial score (nSPS) is 18.9. The highest BCUT2D eigenvalue weighted by molar-refractivity contribution is 6.31. The van der Waals surface area contributed by atoms with E-state index in [4.69, 9.17) is 16.3 Å². The summed E-state index contributed by atoms with van der Waals surface area (Å²) in [4.78, 5) is 22.9. The number of carbonyl (C=O) groups is 2. The van der Waals surface area contributed by atoms with Gasteiger partial charge in [-0.05, 0) is 11.6 Å². The molecule has 5 heteroatoms. The van der Waals surface area contributed by atoms with Gasteiger partial charge in [0.15, 0.2) is 0 Å².